The van der Waals surface area contributed by atoms with Gasteiger partial charge in [0.05, 0.1) is 6.20 Å². The molecule has 4 rings (SSSR count). The van der Waals surface area contributed by atoms with Crippen LogP contribution in [0.1, 0.15) is 0 Å². The first kappa shape index (κ1) is 16.0. The average molecular weight is 349 g/mol. The van der Waals surface area contributed by atoms with Crippen LogP contribution in [0.4, 0.5) is 10.1 Å². The Morgan fingerprint density at radius 2 is 1.96 bits per heavy atom. The minimum absolute atomic E-state index is 0.0427. The number of carbonyl (C=O) groups is 1. The molecule has 0 fully saturated rings. The summed E-state index contributed by atoms with van der Waals surface area (Å²) in [5, 5.41) is 11.9. The minimum atomic E-state index is -0.309. The summed E-state index contributed by atoms with van der Waals surface area (Å²) >= 11 is 0. The molecule has 0 saturated carbocycles. The number of benzene rings is 2. The van der Waals surface area contributed by atoms with Crippen LogP contribution in [0.25, 0.3) is 22.2 Å². The summed E-state index contributed by atoms with van der Waals surface area (Å²) in [4.78, 5) is 12.3. The molecule has 0 spiro atoms. The molecule has 6 nitrogen and oxygen atoms in total. The van der Waals surface area contributed by atoms with Crippen molar-refractivity contribution in [2.75, 3.05) is 5.32 Å². The highest BCUT2D eigenvalue weighted by Crippen LogP contribution is 2.20. The normalized spacial score (nSPS) is 11.0. The summed E-state index contributed by atoms with van der Waals surface area (Å²) in [5.74, 6) is -0.508. The monoisotopic (exact) mass is 349 g/mol. The molecule has 1 N–H and O–H groups in total. The molecule has 0 atom stereocenters. The van der Waals surface area contributed by atoms with Crippen LogP contribution >= 0.6 is 0 Å². The van der Waals surface area contributed by atoms with Gasteiger partial charge in [-0.25, -0.2) is 9.07 Å². The number of halogens is 1. The molecule has 0 bridgehead atoms. The quantitative estimate of drug-likeness (QED) is 0.615. The van der Waals surface area contributed by atoms with E-state index >= 15 is 0 Å². The summed E-state index contributed by atoms with van der Waals surface area (Å²) in [7, 11) is 1.98. The molecule has 0 saturated heterocycles. The number of aryl methyl sites for hydroxylation is 1. The third-order valence-corrected chi connectivity index (χ3v) is 4.15. The fourth-order valence-corrected chi connectivity index (χ4v) is 2.84. The van der Waals surface area contributed by atoms with Gasteiger partial charge in [-0.15, -0.1) is 5.10 Å². The lowest BCUT2D eigenvalue weighted by atomic mass is 10.2. The summed E-state index contributed by atoms with van der Waals surface area (Å²) < 4.78 is 16.5. The molecule has 0 aliphatic rings. The van der Waals surface area contributed by atoms with Crippen LogP contribution in [-0.2, 0) is 18.4 Å². The van der Waals surface area contributed by atoms with Gasteiger partial charge < -0.3 is 9.88 Å². The van der Waals surface area contributed by atoms with Gasteiger partial charge >= 0.3 is 0 Å². The number of hydrogen-bond acceptors (Lipinski definition) is 3. The maximum atomic E-state index is 13.0. The zero-order valence-electron chi connectivity index (χ0n) is 14.1. The van der Waals surface area contributed by atoms with Gasteiger partial charge in [-0.3, -0.25) is 4.79 Å². The van der Waals surface area contributed by atoms with E-state index in [1.807, 2.05) is 42.1 Å². The van der Waals surface area contributed by atoms with Gasteiger partial charge in [-0.2, -0.15) is 0 Å². The summed E-state index contributed by atoms with van der Waals surface area (Å²) in [6.07, 6.45) is 3.63. The third-order valence-electron chi connectivity index (χ3n) is 4.15. The average Bonchev–Trinajstić information content (AvgIpc) is 3.22. The van der Waals surface area contributed by atoms with E-state index in [0.29, 0.717) is 5.69 Å². The number of carbonyl (C=O) groups excluding carboxylic acids is 1. The fourth-order valence-electron chi connectivity index (χ4n) is 2.84. The van der Waals surface area contributed by atoms with Gasteiger partial charge in [0, 0.05) is 35.4 Å². The number of aromatic nitrogens is 4. The lowest BCUT2D eigenvalue weighted by Crippen LogP contribution is -2.19. The van der Waals surface area contributed by atoms with E-state index in [-0.39, 0.29) is 18.3 Å². The molecular formula is C19H16FN5O. The standard InChI is InChI=1S/C19H16FN5O/c1-24-9-8-14-10-16(6-7-18(14)24)21-19(26)12-25-11-17(22-23-25)13-2-4-15(20)5-3-13/h2-11H,12H2,1H3,(H,21,26). The molecule has 130 valence electrons. The first-order chi connectivity index (χ1) is 12.6. The molecule has 1 amide bonds. The Kier molecular flexibility index (Phi) is 3.96. The molecular weight excluding hydrogens is 333 g/mol. The zero-order chi connectivity index (χ0) is 18.1. The Labute approximate surface area is 148 Å². The highest BCUT2D eigenvalue weighted by Gasteiger charge is 2.09. The van der Waals surface area contributed by atoms with Crippen molar-refractivity contribution in [1.29, 1.82) is 0 Å². The molecule has 2 aromatic carbocycles. The van der Waals surface area contributed by atoms with Gasteiger partial charge in [0.15, 0.2) is 0 Å². The molecule has 2 heterocycles. The Morgan fingerprint density at radius 1 is 1.15 bits per heavy atom. The van der Waals surface area contributed by atoms with Gasteiger partial charge in [0.1, 0.15) is 18.1 Å². The Balaban J connectivity index is 1.45. The number of hydrogen-bond donors (Lipinski definition) is 1. The lowest BCUT2D eigenvalue weighted by Gasteiger charge is -2.05. The van der Waals surface area contributed by atoms with Crippen molar-refractivity contribution in [3.05, 3.63) is 66.7 Å². The van der Waals surface area contributed by atoms with E-state index in [1.165, 1.54) is 16.8 Å². The number of anilines is 1. The first-order valence-corrected chi connectivity index (χ1v) is 8.09. The predicted molar refractivity (Wildman–Crippen MR) is 97.0 cm³/mol. The van der Waals surface area contributed by atoms with Crippen molar-refractivity contribution in [3.63, 3.8) is 0 Å². The van der Waals surface area contributed by atoms with Gasteiger partial charge in [-0.1, -0.05) is 5.21 Å². The smallest absolute Gasteiger partial charge is 0.246 e. The molecule has 0 unspecified atom stereocenters. The zero-order valence-corrected chi connectivity index (χ0v) is 14.1. The second-order valence-corrected chi connectivity index (χ2v) is 6.06. The molecule has 26 heavy (non-hydrogen) atoms. The Bertz CT molecular complexity index is 1080. The van der Waals surface area contributed by atoms with Gasteiger partial charge in [0.25, 0.3) is 0 Å². The SMILES string of the molecule is Cn1ccc2cc(NC(=O)Cn3cc(-c4ccc(F)cc4)nn3)ccc21. The molecule has 0 aliphatic carbocycles. The van der Waals surface area contributed by atoms with E-state index in [9.17, 15) is 9.18 Å². The molecule has 0 radical (unpaired) electrons. The van der Waals surface area contributed by atoms with Crippen molar-refractivity contribution in [2.45, 2.75) is 6.54 Å². The van der Waals surface area contributed by atoms with Gasteiger partial charge in [-0.05, 0) is 48.5 Å². The summed E-state index contributed by atoms with van der Waals surface area (Å²) in [6.45, 7) is 0.0427. The van der Waals surface area contributed by atoms with E-state index in [4.69, 9.17) is 0 Å². The second-order valence-electron chi connectivity index (χ2n) is 6.06. The fraction of sp³-hybridized carbons (Fsp3) is 0.105. The molecule has 0 aliphatic heterocycles. The van der Waals surface area contributed by atoms with E-state index in [2.05, 4.69) is 15.6 Å². The van der Waals surface area contributed by atoms with Crippen LogP contribution < -0.4 is 5.32 Å². The number of nitrogens with zero attached hydrogens (tertiary/aromatic N) is 4. The van der Waals surface area contributed by atoms with Crippen LogP contribution in [-0.4, -0.2) is 25.5 Å². The molecule has 2 aromatic heterocycles. The van der Waals surface area contributed by atoms with E-state index in [1.54, 1.807) is 18.3 Å². The third kappa shape index (κ3) is 3.19. The molecule has 7 heteroatoms. The van der Waals surface area contributed by atoms with Crippen LogP contribution in [0.2, 0.25) is 0 Å². The second kappa shape index (κ2) is 6.44. The Morgan fingerprint density at radius 3 is 2.77 bits per heavy atom. The lowest BCUT2D eigenvalue weighted by molar-refractivity contribution is -0.116. The van der Waals surface area contributed by atoms with Gasteiger partial charge in [0.2, 0.25) is 5.91 Å². The Hall–Kier alpha value is -3.48. The maximum Gasteiger partial charge on any atom is 0.246 e. The van der Waals surface area contributed by atoms with E-state index in [0.717, 1.165) is 22.2 Å². The van der Waals surface area contributed by atoms with Crippen molar-refractivity contribution < 1.29 is 9.18 Å². The van der Waals surface area contributed by atoms with Crippen molar-refractivity contribution in [2.24, 2.45) is 7.05 Å². The topological polar surface area (TPSA) is 64.7 Å². The highest BCUT2D eigenvalue weighted by atomic mass is 19.1. The number of amides is 1. The van der Waals surface area contributed by atoms with Crippen LogP contribution in [0.3, 0.4) is 0 Å². The van der Waals surface area contributed by atoms with Crippen molar-refractivity contribution >= 4 is 22.5 Å². The van der Waals surface area contributed by atoms with Crippen LogP contribution in [0.15, 0.2) is 60.9 Å². The number of nitrogens with one attached hydrogen (secondary N) is 1. The van der Waals surface area contributed by atoms with Crippen LogP contribution in [0, 0.1) is 5.82 Å². The minimum Gasteiger partial charge on any atom is -0.351 e. The van der Waals surface area contributed by atoms with Crippen molar-refractivity contribution in [1.82, 2.24) is 19.6 Å². The first-order valence-electron chi connectivity index (χ1n) is 8.09. The summed E-state index contributed by atoms with van der Waals surface area (Å²) in [6, 6.07) is 13.7. The number of rotatable bonds is 4. The summed E-state index contributed by atoms with van der Waals surface area (Å²) in [5.41, 5.74) is 3.16. The van der Waals surface area contributed by atoms with E-state index < -0.39 is 0 Å². The van der Waals surface area contributed by atoms with Crippen molar-refractivity contribution in [3.8, 4) is 11.3 Å². The maximum absolute atomic E-state index is 13.0. The number of fused-ring (bicyclic) bond motifs is 1. The van der Waals surface area contributed by atoms with Crippen LogP contribution in [0.5, 0.6) is 0 Å². The largest absolute Gasteiger partial charge is 0.351 e. The molecule has 4 aromatic rings. The highest BCUT2D eigenvalue weighted by molar-refractivity contribution is 5.93. The predicted octanol–water partition coefficient (Wildman–Crippen LogP) is 3.21.